The van der Waals surface area contributed by atoms with Crippen LogP contribution in [0.2, 0.25) is 0 Å². The lowest BCUT2D eigenvalue weighted by Gasteiger charge is -2.13. The van der Waals surface area contributed by atoms with Crippen LogP contribution in [0, 0.1) is 5.82 Å². The van der Waals surface area contributed by atoms with Crippen LogP contribution in [-0.2, 0) is 4.79 Å². The smallest absolute Gasteiger partial charge is 0.262 e. The molecule has 1 unspecified atom stereocenters. The summed E-state index contributed by atoms with van der Waals surface area (Å²) in [7, 11) is 0. The fraction of sp³-hybridized carbons (Fsp3) is 0.188. The molecular weight excluding hydrogens is 273 g/mol. The maximum atomic E-state index is 13.0. The normalized spacial score (nSPS) is 11.8. The van der Waals surface area contributed by atoms with Crippen molar-refractivity contribution in [1.29, 1.82) is 0 Å². The van der Waals surface area contributed by atoms with E-state index >= 15 is 0 Å². The van der Waals surface area contributed by atoms with E-state index in [0.29, 0.717) is 17.0 Å². The van der Waals surface area contributed by atoms with E-state index in [1.54, 1.807) is 37.3 Å². The van der Waals surface area contributed by atoms with Crippen molar-refractivity contribution < 1.29 is 19.0 Å². The fourth-order valence-electron chi connectivity index (χ4n) is 1.86. The monoisotopic (exact) mass is 289 g/mol. The second-order valence-corrected chi connectivity index (χ2v) is 4.56. The molecule has 0 aliphatic heterocycles. The van der Waals surface area contributed by atoms with Gasteiger partial charge in [0.1, 0.15) is 11.6 Å². The third-order valence-electron chi connectivity index (χ3n) is 2.84. The van der Waals surface area contributed by atoms with E-state index in [2.05, 4.69) is 5.32 Å². The predicted molar refractivity (Wildman–Crippen MR) is 77.6 cm³/mol. The molecule has 0 spiro atoms. The van der Waals surface area contributed by atoms with Crippen molar-refractivity contribution in [2.75, 3.05) is 11.9 Å². The zero-order valence-corrected chi connectivity index (χ0v) is 11.5. The van der Waals surface area contributed by atoms with Crippen LogP contribution in [0.5, 0.6) is 5.75 Å². The van der Waals surface area contributed by atoms with Crippen molar-refractivity contribution in [2.45, 2.75) is 13.0 Å². The Balaban J connectivity index is 1.95. The molecule has 1 amide bonds. The SMILES string of the molecule is CC(O)c1ccccc1OCC(=O)Nc1cccc(F)c1. The van der Waals surface area contributed by atoms with Gasteiger partial charge in [0.25, 0.3) is 5.91 Å². The van der Waals surface area contributed by atoms with Gasteiger partial charge in [0, 0.05) is 11.3 Å². The van der Waals surface area contributed by atoms with E-state index < -0.39 is 17.8 Å². The van der Waals surface area contributed by atoms with Crippen LogP contribution in [0.3, 0.4) is 0 Å². The fourth-order valence-corrected chi connectivity index (χ4v) is 1.86. The van der Waals surface area contributed by atoms with Crippen LogP contribution in [0.15, 0.2) is 48.5 Å². The molecule has 0 aromatic heterocycles. The highest BCUT2D eigenvalue weighted by Gasteiger charge is 2.10. The van der Waals surface area contributed by atoms with E-state index in [0.717, 1.165) is 0 Å². The van der Waals surface area contributed by atoms with Gasteiger partial charge in [0.05, 0.1) is 6.10 Å². The largest absolute Gasteiger partial charge is 0.483 e. The number of rotatable bonds is 5. The number of hydrogen-bond donors (Lipinski definition) is 2. The predicted octanol–water partition coefficient (Wildman–Crippen LogP) is 2.90. The first-order chi connectivity index (χ1) is 10.1. The van der Waals surface area contributed by atoms with Gasteiger partial charge in [0.2, 0.25) is 0 Å². The summed E-state index contributed by atoms with van der Waals surface area (Å²) in [5, 5.41) is 12.1. The molecule has 2 aromatic rings. The molecule has 0 bridgehead atoms. The number of hydrogen-bond acceptors (Lipinski definition) is 3. The maximum absolute atomic E-state index is 13.0. The molecule has 2 aromatic carbocycles. The number of ether oxygens (including phenoxy) is 1. The maximum Gasteiger partial charge on any atom is 0.262 e. The van der Waals surface area contributed by atoms with Gasteiger partial charge in [-0.05, 0) is 31.2 Å². The Kier molecular flexibility index (Phi) is 4.90. The summed E-state index contributed by atoms with van der Waals surface area (Å²) in [6.45, 7) is 1.40. The summed E-state index contributed by atoms with van der Waals surface area (Å²) >= 11 is 0. The second kappa shape index (κ2) is 6.85. The number of anilines is 1. The molecule has 0 heterocycles. The highest BCUT2D eigenvalue weighted by molar-refractivity contribution is 5.91. The molecule has 2 rings (SSSR count). The molecule has 21 heavy (non-hydrogen) atoms. The molecule has 0 fully saturated rings. The average molecular weight is 289 g/mol. The van der Waals surface area contributed by atoms with Crippen molar-refractivity contribution in [3.63, 3.8) is 0 Å². The lowest BCUT2D eigenvalue weighted by molar-refractivity contribution is -0.118. The minimum absolute atomic E-state index is 0.222. The van der Waals surface area contributed by atoms with Crippen LogP contribution >= 0.6 is 0 Å². The molecule has 0 radical (unpaired) electrons. The van der Waals surface area contributed by atoms with Crippen molar-refractivity contribution in [1.82, 2.24) is 0 Å². The molecule has 4 nitrogen and oxygen atoms in total. The highest BCUT2D eigenvalue weighted by atomic mass is 19.1. The molecule has 1 atom stereocenters. The highest BCUT2D eigenvalue weighted by Crippen LogP contribution is 2.24. The first kappa shape index (κ1) is 15.0. The number of halogens is 1. The first-order valence-electron chi connectivity index (χ1n) is 6.51. The van der Waals surface area contributed by atoms with E-state index in [-0.39, 0.29) is 6.61 Å². The number of carbonyl (C=O) groups is 1. The molecule has 2 N–H and O–H groups in total. The molecule has 110 valence electrons. The Hall–Kier alpha value is -2.40. The van der Waals surface area contributed by atoms with Gasteiger partial charge in [0.15, 0.2) is 6.61 Å². The Bertz CT molecular complexity index is 628. The van der Waals surface area contributed by atoms with Gasteiger partial charge in [-0.3, -0.25) is 4.79 Å². The van der Waals surface area contributed by atoms with Crippen LogP contribution in [0.4, 0.5) is 10.1 Å². The number of nitrogens with one attached hydrogen (secondary N) is 1. The summed E-state index contributed by atoms with van der Waals surface area (Å²) in [6, 6.07) is 12.6. The zero-order valence-electron chi connectivity index (χ0n) is 11.5. The minimum Gasteiger partial charge on any atom is -0.483 e. The Morgan fingerprint density at radius 1 is 1.29 bits per heavy atom. The number of amides is 1. The van der Waals surface area contributed by atoms with Gasteiger partial charge in [-0.2, -0.15) is 0 Å². The van der Waals surface area contributed by atoms with Gasteiger partial charge >= 0.3 is 0 Å². The van der Waals surface area contributed by atoms with Crippen molar-refractivity contribution >= 4 is 11.6 Å². The molecule has 0 aliphatic carbocycles. The van der Waals surface area contributed by atoms with E-state index in [4.69, 9.17) is 4.74 Å². The van der Waals surface area contributed by atoms with Crippen molar-refractivity contribution in [3.8, 4) is 5.75 Å². The average Bonchev–Trinajstić information content (AvgIpc) is 2.45. The summed E-state index contributed by atoms with van der Waals surface area (Å²) in [4.78, 5) is 11.8. The molecule has 0 aliphatic rings. The zero-order chi connectivity index (χ0) is 15.2. The number of aliphatic hydroxyl groups is 1. The van der Waals surface area contributed by atoms with Gasteiger partial charge in [-0.1, -0.05) is 24.3 Å². The lowest BCUT2D eigenvalue weighted by Crippen LogP contribution is -2.20. The third kappa shape index (κ3) is 4.29. The number of para-hydroxylation sites is 1. The molecule has 0 saturated heterocycles. The van der Waals surface area contributed by atoms with E-state index in [1.165, 1.54) is 18.2 Å². The quantitative estimate of drug-likeness (QED) is 0.889. The summed E-state index contributed by atoms with van der Waals surface area (Å²) in [6.07, 6.45) is -0.688. The van der Waals surface area contributed by atoms with Gasteiger partial charge < -0.3 is 15.2 Å². The van der Waals surface area contributed by atoms with Gasteiger partial charge in [-0.25, -0.2) is 4.39 Å². The Labute approximate surface area is 122 Å². The van der Waals surface area contributed by atoms with Crippen LogP contribution in [0.25, 0.3) is 0 Å². The molecule has 0 saturated carbocycles. The first-order valence-corrected chi connectivity index (χ1v) is 6.51. The summed E-state index contributed by atoms with van der Waals surface area (Å²) in [5.74, 6) is -0.379. The van der Waals surface area contributed by atoms with Gasteiger partial charge in [-0.15, -0.1) is 0 Å². The Morgan fingerprint density at radius 2 is 2.05 bits per heavy atom. The second-order valence-electron chi connectivity index (χ2n) is 4.56. The van der Waals surface area contributed by atoms with Crippen LogP contribution in [-0.4, -0.2) is 17.6 Å². The molecule has 5 heteroatoms. The number of benzene rings is 2. The topological polar surface area (TPSA) is 58.6 Å². The summed E-state index contributed by atoms with van der Waals surface area (Å²) < 4.78 is 18.4. The van der Waals surface area contributed by atoms with E-state index in [1.807, 2.05) is 0 Å². The lowest BCUT2D eigenvalue weighted by atomic mass is 10.1. The standard InChI is InChI=1S/C16H16FNO3/c1-11(19)14-7-2-3-8-15(14)21-10-16(20)18-13-6-4-5-12(17)9-13/h2-9,11,19H,10H2,1H3,(H,18,20). The van der Waals surface area contributed by atoms with Crippen LogP contribution in [0.1, 0.15) is 18.6 Å². The number of carbonyl (C=O) groups excluding carboxylic acids is 1. The van der Waals surface area contributed by atoms with Crippen LogP contribution < -0.4 is 10.1 Å². The van der Waals surface area contributed by atoms with E-state index in [9.17, 15) is 14.3 Å². The number of aliphatic hydroxyl groups excluding tert-OH is 1. The molecular formula is C16H16FNO3. The minimum atomic E-state index is -0.688. The Morgan fingerprint density at radius 3 is 2.76 bits per heavy atom. The third-order valence-corrected chi connectivity index (χ3v) is 2.84. The summed E-state index contributed by atoms with van der Waals surface area (Å²) in [5.41, 5.74) is 0.975. The van der Waals surface area contributed by atoms with Crippen molar-refractivity contribution in [3.05, 3.63) is 59.9 Å². The van der Waals surface area contributed by atoms with Crippen molar-refractivity contribution in [2.24, 2.45) is 0 Å².